The molecular weight excluding hydrogens is 102 g/mol. The molecule has 0 heterocycles. The molecular formula is C6H13NO. The summed E-state index contributed by atoms with van der Waals surface area (Å²) in [6.07, 6.45) is 2.57. The van der Waals surface area contributed by atoms with Crippen LogP contribution in [0.15, 0.2) is 0 Å². The number of nitrogens with one attached hydrogen (secondary N) is 1. The van der Waals surface area contributed by atoms with Crippen LogP contribution in [0.3, 0.4) is 0 Å². The first-order chi connectivity index (χ1) is 3.83. The van der Waals surface area contributed by atoms with Crippen molar-refractivity contribution in [2.45, 2.75) is 19.8 Å². The first-order valence-corrected chi connectivity index (χ1v) is 3.20. The molecule has 1 aliphatic carbocycles. The molecule has 0 aromatic rings. The Morgan fingerprint density at radius 2 is 2.25 bits per heavy atom. The molecule has 1 saturated carbocycles. The summed E-state index contributed by atoms with van der Waals surface area (Å²) in [5, 5.41) is 8.24. The SMILES string of the molecule is CC1CC(CNO)C1. The van der Waals surface area contributed by atoms with Crippen molar-refractivity contribution < 1.29 is 5.21 Å². The predicted octanol–water partition coefficient (Wildman–Crippen LogP) is 1.01. The van der Waals surface area contributed by atoms with Gasteiger partial charge in [-0.3, -0.25) is 0 Å². The average Bonchev–Trinajstić information content (AvgIpc) is 1.64. The summed E-state index contributed by atoms with van der Waals surface area (Å²) < 4.78 is 0. The third kappa shape index (κ3) is 1.20. The lowest BCUT2D eigenvalue weighted by Gasteiger charge is -2.31. The Labute approximate surface area is 49.9 Å². The van der Waals surface area contributed by atoms with Crippen LogP contribution in [0.4, 0.5) is 0 Å². The van der Waals surface area contributed by atoms with E-state index >= 15 is 0 Å². The van der Waals surface area contributed by atoms with Crippen molar-refractivity contribution in [2.75, 3.05) is 6.54 Å². The summed E-state index contributed by atoms with van der Waals surface area (Å²) in [5.41, 5.74) is 2.19. The molecule has 0 aromatic heterocycles. The van der Waals surface area contributed by atoms with E-state index in [1.807, 2.05) is 0 Å². The van der Waals surface area contributed by atoms with Gasteiger partial charge in [0, 0.05) is 6.54 Å². The average molecular weight is 115 g/mol. The van der Waals surface area contributed by atoms with Gasteiger partial charge in [0.2, 0.25) is 0 Å². The van der Waals surface area contributed by atoms with Crippen LogP contribution in [-0.2, 0) is 0 Å². The smallest absolute Gasteiger partial charge is 0.0236 e. The van der Waals surface area contributed by atoms with E-state index in [-0.39, 0.29) is 0 Å². The highest BCUT2D eigenvalue weighted by molar-refractivity contribution is 4.76. The van der Waals surface area contributed by atoms with Crippen molar-refractivity contribution in [3.8, 4) is 0 Å². The highest BCUT2D eigenvalue weighted by Crippen LogP contribution is 2.31. The monoisotopic (exact) mass is 115 g/mol. The minimum absolute atomic E-state index is 0.745. The van der Waals surface area contributed by atoms with Crippen molar-refractivity contribution >= 4 is 0 Å². The van der Waals surface area contributed by atoms with E-state index in [1.165, 1.54) is 12.8 Å². The highest BCUT2D eigenvalue weighted by Gasteiger charge is 2.24. The fourth-order valence-corrected chi connectivity index (χ4v) is 1.36. The second-order valence-corrected chi connectivity index (χ2v) is 2.80. The summed E-state index contributed by atoms with van der Waals surface area (Å²) in [6, 6.07) is 0. The van der Waals surface area contributed by atoms with Crippen LogP contribution in [0.2, 0.25) is 0 Å². The van der Waals surface area contributed by atoms with Gasteiger partial charge in [0.25, 0.3) is 0 Å². The number of hydrogen-bond acceptors (Lipinski definition) is 2. The molecule has 2 nitrogen and oxygen atoms in total. The number of rotatable bonds is 2. The summed E-state index contributed by atoms with van der Waals surface area (Å²) in [5.74, 6) is 1.64. The van der Waals surface area contributed by atoms with Crippen molar-refractivity contribution in [1.82, 2.24) is 5.48 Å². The van der Waals surface area contributed by atoms with Gasteiger partial charge in [0.1, 0.15) is 0 Å². The zero-order valence-electron chi connectivity index (χ0n) is 5.22. The first kappa shape index (κ1) is 6.05. The summed E-state index contributed by atoms with van der Waals surface area (Å²) in [6.45, 7) is 3.03. The molecule has 0 radical (unpaired) electrons. The second-order valence-electron chi connectivity index (χ2n) is 2.80. The third-order valence-electron chi connectivity index (χ3n) is 1.85. The lowest BCUT2D eigenvalue weighted by molar-refractivity contribution is 0.105. The van der Waals surface area contributed by atoms with Crippen molar-refractivity contribution in [2.24, 2.45) is 11.8 Å². The molecule has 8 heavy (non-hydrogen) atoms. The fraction of sp³-hybridized carbons (Fsp3) is 1.00. The molecule has 0 aromatic carbocycles. The van der Waals surface area contributed by atoms with Gasteiger partial charge < -0.3 is 5.21 Å². The number of hydroxylamine groups is 1. The molecule has 2 N–H and O–H groups in total. The van der Waals surface area contributed by atoms with Crippen LogP contribution in [0, 0.1) is 11.8 Å². The largest absolute Gasteiger partial charge is 0.317 e. The van der Waals surface area contributed by atoms with E-state index < -0.39 is 0 Å². The summed E-state index contributed by atoms with van der Waals surface area (Å²) in [4.78, 5) is 0. The Bertz CT molecular complexity index is 66.2. The normalized spacial score (nSPS) is 36.8. The zero-order chi connectivity index (χ0) is 5.98. The Balaban J connectivity index is 1.98. The van der Waals surface area contributed by atoms with E-state index in [2.05, 4.69) is 12.4 Å². The standard InChI is InChI=1S/C6H13NO/c1-5-2-6(3-5)4-7-8/h5-8H,2-4H2,1H3. The maximum Gasteiger partial charge on any atom is 0.0236 e. The van der Waals surface area contributed by atoms with Gasteiger partial charge in [-0.15, -0.1) is 0 Å². The van der Waals surface area contributed by atoms with Gasteiger partial charge in [0.15, 0.2) is 0 Å². The minimum Gasteiger partial charge on any atom is -0.317 e. The van der Waals surface area contributed by atoms with Crippen LogP contribution in [0.25, 0.3) is 0 Å². The molecule has 0 aliphatic heterocycles. The van der Waals surface area contributed by atoms with E-state index in [9.17, 15) is 0 Å². The molecule has 2 heteroatoms. The minimum atomic E-state index is 0.745. The lowest BCUT2D eigenvalue weighted by Crippen LogP contribution is -2.30. The lowest BCUT2D eigenvalue weighted by atomic mass is 9.76. The van der Waals surface area contributed by atoms with E-state index in [1.54, 1.807) is 0 Å². The molecule has 0 saturated heterocycles. The molecule has 1 fully saturated rings. The quantitative estimate of drug-likeness (QED) is 0.526. The fourth-order valence-electron chi connectivity index (χ4n) is 1.36. The molecule has 48 valence electrons. The van der Waals surface area contributed by atoms with Gasteiger partial charge in [0.05, 0.1) is 0 Å². The highest BCUT2D eigenvalue weighted by atomic mass is 16.5. The van der Waals surface area contributed by atoms with Crippen LogP contribution in [0.1, 0.15) is 19.8 Å². The van der Waals surface area contributed by atoms with E-state index in [4.69, 9.17) is 5.21 Å². The zero-order valence-corrected chi connectivity index (χ0v) is 5.22. The summed E-state index contributed by atoms with van der Waals surface area (Å²) in [7, 11) is 0. The molecule has 0 unspecified atom stereocenters. The van der Waals surface area contributed by atoms with Crippen LogP contribution >= 0.6 is 0 Å². The summed E-state index contributed by atoms with van der Waals surface area (Å²) >= 11 is 0. The van der Waals surface area contributed by atoms with Crippen LogP contribution in [-0.4, -0.2) is 11.8 Å². The Morgan fingerprint density at radius 3 is 2.62 bits per heavy atom. The number of hydrogen-bond donors (Lipinski definition) is 2. The third-order valence-corrected chi connectivity index (χ3v) is 1.85. The van der Waals surface area contributed by atoms with Crippen LogP contribution in [0.5, 0.6) is 0 Å². The Morgan fingerprint density at radius 1 is 1.62 bits per heavy atom. The van der Waals surface area contributed by atoms with Crippen molar-refractivity contribution in [3.63, 3.8) is 0 Å². The van der Waals surface area contributed by atoms with Crippen molar-refractivity contribution in [3.05, 3.63) is 0 Å². The molecule has 0 bridgehead atoms. The van der Waals surface area contributed by atoms with Gasteiger partial charge in [-0.25, -0.2) is 5.48 Å². The Hall–Kier alpha value is -0.0800. The van der Waals surface area contributed by atoms with Gasteiger partial charge >= 0.3 is 0 Å². The van der Waals surface area contributed by atoms with Gasteiger partial charge in [-0.2, -0.15) is 0 Å². The van der Waals surface area contributed by atoms with Crippen molar-refractivity contribution in [1.29, 1.82) is 0 Å². The van der Waals surface area contributed by atoms with E-state index in [0.717, 1.165) is 18.4 Å². The molecule has 1 aliphatic rings. The molecule has 0 spiro atoms. The van der Waals surface area contributed by atoms with Crippen LogP contribution < -0.4 is 5.48 Å². The Kier molecular flexibility index (Phi) is 1.86. The van der Waals surface area contributed by atoms with Gasteiger partial charge in [-0.05, 0) is 24.7 Å². The maximum absolute atomic E-state index is 8.24. The predicted molar refractivity (Wildman–Crippen MR) is 31.7 cm³/mol. The molecule has 0 atom stereocenters. The maximum atomic E-state index is 8.24. The second kappa shape index (κ2) is 2.46. The molecule has 0 amide bonds. The van der Waals surface area contributed by atoms with Gasteiger partial charge in [-0.1, -0.05) is 6.92 Å². The molecule has 1 rings (SSSR count). The van der Waals surface area contributed by atoms with E-state index in [0.29, 0.717) is 0 Å². The first-order valence-electron chi connectivity index (χ1n) is 3.20. The topological polar surface area (TPSA) is 32.3 Å².